The van der Waals surface area contributed by atoms with E-state index in [1.807, 2.05) is 0 Å². The molecule has 36 heavy (non-hydrogen) atoms. The first-order chi connectivity index (χ1) is 17.3. The van der Waals surface area contributed by atoms with Crippen molar-refractivity contribution in [3.63, 3.8) is 0 Å². The van der Waals surface area contributed by atoms with Gasteiger partial charge in [0.2, 0.25) is 0 Å². The van der Waals surface area contributed by atoms with Crippen LogP contribution in [0.4, 0.5) is 18.0 Å². The Bertz CT molecular complexity index is 1080. The largest absolute Gasteiger partial charge is 0.441 e. The van der Waals surface area contributed by atoms with Crippen LogP contribution in [-0.2, 0) is 17.3 Å². The zero-order valence-corrected chi connectivity index (χ0v) is 20.6. The Hall–Kier alpha value is -2.68. The number of benzene rings is 1. The molecule has 2 aromatic rings. The molecule has 2 saturated heterocycles. The molecular formula is C27H33F3N4O2. The van der Waals surface area contributed by atoms with Gasteiger partial charge in [-0.3, -0.25) is 0 Å². The lowest BCUT2D eigenvalue weighted by molar-refractivity contribution is -0.137. The van der Waals surface area contributed by atoms with Gasteiger partial charge in [-0.1, -0.05) is 25.5 Å². The van der Waals surface area contributed by atoms with Crippen LogP contribution in [0.1, 0.15) is 68.4 Å². The smallest absolute Gasteiger partial charge is 0.416 e. The number of carbonyl (C=O) groups excluding carboxylic acids is 1. The van der Waals surface area contributed by atoms with Crippen molar-refractivity contribution in [2.24, 2.45) is 5.92 Å². The first kappa shape index (κ1) is 25.0. The summed E-state index contributed by atoms with van der Waals surface area (Å²) in [7, 11) is 0. The number of hydrogen-bond donors (Lipinski definition) is 0. The van der Waals surface area contributed by atoms with Gasteiger partial charge in [0.15, 0.2) is 0 Å². The van der Waals surface area contributed by atoms with Gasteiger partial charge < -0.3 is 14.5 Å². The Labute approximate surface area is 209 Å². The van der Waals surface area contributed by atoms with Crippen molar-refractivity contribution in [1.82, 2.24) is 20.0 Å². The minimum absolute atomic E-state index is 0.258. The summed E-state index contributed by atoms with van der Waals surface area (Å²) in [5, 5.41) is 8.53. The molecule has 5 rings (SSSR count). The molecule has 2 aliphatic heterocycles. The van der Waals surface area contributed by atoms with Crippen LogP contribution in [0, 0.1) is 5.92 Å². The highest BCUT2D eigenvalue weighted by atomic mass is 19.4. The summed E-state index contributed by atoms with van der Waals surface area (Å²) in [5.41, 5.74) is 1.43. The molecule has 3 aliphatic rings. The number of halogens is 3. The van der Waals surface area contributed by atoms with Gasteiger partial charge in [-0.05, 0) is 75.7 Å². The number of nitrogens with zero attached hydrogens (tertiary/aromatic N) is 4. The Morgan fingerprint density at radius 2 is 1.78 bits per heavy atom. The van der Waals surface area contributed by atoms with Crippen LogP contribution in [-0.4, -0.2) is 58.3 Å². The van der Waals surface area contributed by atoms with Crippen molar-refractivity contribution in [3.05, 3.63) is 47.2 Å². The molecule has 1 aromatic carbocycles. The van der Waals surface area contributed by atoms with Crippen LogP contribution in [0.15, 0.2) is 30.3 Å². The topological polar surface area (TPSA) is 58.6 Å². The van der Waals surface area contributed by atoms with Gasteiger partial charge in [0.25, 0.3) is 0 Å². The fraction of sp³-hybridized carbons (Fsp3) is 0.593. The third kappa shape index (κ3) is 5.51. The van der Waals surface area contributed by atoms with E-state index in [-0.39, 0.29) is 12.0 Å². The van der Waals surface area contributed by atoms with Crippen LogP contribution in [0.3, 0.4) is 0 Å². The van der Waals surface area contributed by atoms with Crippen LogP contribution in [0.25, 0.3) is 11.3 Å². The van der Waals surface area contributed by atoms with Crippen molar-refractivity contribution in [2.75, 3.05) is 26.2 Å². The zero-order chi connectivity index (χ0) is 25.3. The molecule has 2 unspecified atom stereocenters. The lowest BCUT2D eigenvalue weighted by atomic mass is 9.85. The number of amides is 1. The number of ether oxygens (including phenoxy) is 1. The average molecular weight is 503 g/mol. The lowest BCUT2D eigenvalue weighted by Gasteiger charge is -2.40. The number of carbonyl (C=O) groups is 1. The lowest BCUT2D eigenvalue weighted by Crippen LogP contribution is -2.48. The molecule has 3 heterocycles. The first-order valence-electron chi connectivity index (χ1n) is 13.0. The summed E-state index contributed by atoms with van der Waals surface area (Å²) in [6.45, 7) is 5.75. The number of aromatic nitrogens is 2. The number of piperidine rings is 2. The second-order valence-electron chi connectivity index (χ2n) is 10.4. The van der Waals surface area contributed by atoms with E-state index in [1.54, 1.807) is 17.0 Å². The van der Waals surface area contributed by atoms with Crippen LogP contribution in [0.5, 0.6) is 0 Å². The van der Waals surface area contributed by atoms with Gasteiger partial charge >= 0.3 is 12.3 Å². The minimum atomic E-state index is -4.44. The molecule has 194 valence electrons. The SMILES string of the molecule is CC1Cc2nnc(-c3cccc(C(F)(F)F)c3)cc2C(OC(=O)N2CCC(N3CCCCC3)CC2)C1. The van der Waals surface area contributed by atoms with Crippen molar-refractivity contribution in [1.29, 1.82) is 0 Å². The van der Waals surface area contributed by atoms with Crippen LogP contribution >= 0.6 is 0 Å². The van der Waals surface area contributed by atoms with Gasteiger partial charge in [-0.25, -0.2) is 4.79 Å². The second-order valence-corrected chi connectivity index (χ2v) is 10.4. The Morgan fingerprint density at radius 3 is 2.50 bits per heavy atom. The number of rotatable bonds is 3. The highest BCUT2D eigenvalue weighted by molar-refractivity contribution is 5.68. The maximum atomic E-state index is 13.2. The monoisotopic (exact) mass is 502 g/mol. The highest BCUT2D eigenvalue weighted by Crippen LogP contribution is 2.38. The summed E-state index contributed by atoms with van der Waals surface area (Å²) in [5.74, 6) is 0.258. The molecule has 0 radical (unpaired) electrons. The predicted octanol–water partition coefficient (Wildman–Crippen LogP) is 5.87. The van der Waals surface area contributed by atoms with Gasteiger partial charge in [-0.2, -0.15) is 23.4 Å². The Morgan fingerprint density at radius 1 is 1.03 bits per heavy atom. The third-order valence-corrected chi connectivity index (χ3v) is 7.77. The second kappa shape index (κ2) is 10.4. The maximum absolute atomic E-state index is 13.2. The van der Waals surface area contributed by atoms with Crippen molar-refractivity contribution < 1.29 is 22.7 Å². The molecule has 2 atom stereocenters. The third-order valence-electron chi connectivity index (χ3n) is 7.77. The molecule has 0 saturated carbocycles. The van der Waals surface area contributed by atoms with Gasteiger partial charge in [0, 0.05) is 30.3 Å². The van der Waals surface area contributed by atoms with Crippen molar-refractivity contribution in [3.8, 4) is 11.3 Å². The molecule has 0 bridgehead atoms. The molecule has 1 aromatic heterocycles. The number of likely N-dealkylation sites (tertiary alicyclic amines) is 2. The minimum Gasteiger partial charge on any atom is -0.441 e. The fourth-order valence-corrected chi connectivity index (χ4v) is 5.78. The van der Waals surface area contributed by atoms with Crippen LogP contribution in [0.2, 0.25) is 0 Å². The number of hydrogen-bond acceptors (Lipinski definition) is 5. The molecule has 1 aliphatic carbocycles. The maximum Gasteiger partial charge on any atom is 0.416 e. The molecule has 9 heteroatoms. The van der Waals surface area contributed by atoms with E-state index < -0.39 is 17.8 Å². The van der Waals surface area contributed by atoms with E-state index in [2.05, 4.69) is 22.0 Å². The van der Waals surface area contributed by atoms with E-state index in [4.69, 9.17) is 4.74 Å². The predicted molar refractivity (Wildman–Crippen MR) is 129 cm³/mol. The van der Waals surface area contributed by atoms with Gasteiger partial charge in [0.1, 0.15) is 6.10 Å². The Balaban J connectivity index is 1.29. The van der Waals surface area contributed by atoms with Crippen molar-refractivity contribution >= 4 is 6.09 Å². The molecule has 1 amide bonds. The van der Waals surface area contributed by atoms with E-state index in [0.717, 1.165) is 49.3 Å². The molecule has 0 N–H and O–H groups in total. The summed E-state index contributed by atoms with van der Waals surface area (Å²) in [6.07, 6.45) is 1.83. The summed E-state index contributed by atoms with van der Waals surface area (Å²) < 4.78 is 45.6. The summed E-state index contributed by atoms with van der Waals surface area (Å²) >= 11 is 0. The standard InChI is InChI=1S/C27H33F3N4O2/c1-18-14-24-22(17-23(31-32-24)19-6-5-7-20(16-19)27(28,29)30)25(15-18)36-26(35)34-12-8-21(9-13-34)33-10-3-2-4-11-33/h5-7,16-18,21,25H,2-4,8-15H2,1H3. The van der Waals surface area contributed by atoms with Crippen LogP contribution < -0.4 is 0 Å². The summed E-state index contributed by atoms with van der Waals surface area (Å²) in [4.78, 5) is 17.5. The number of alkyl halides is 3. The molecule has 6 nitrogen and oxygen atoms in total. The van der Waals surface area contributed by atoms with E-state index in [1.165, 1.54) is 25.3 Å². The normalized spacial score (nSPS) is 23.8. The Kier molecular flexibility index (Phi) is 7.19. The average Bonchev–Trinajstić information content (AvgIpc) is 2.88. The van der Waals surface area contributed by atoms with Gasteiger partial charge in [-0.15, -0.1) is 0 Å². The molecular weight excluding hydrogens is 469 g/mol. The quantitative estimate of drug-likeness (QED) is 0.525. The molecule has 2 fully saturated rings. The van der Waals surface area contributed by atoms with Gasteiger partial charge in [0.05, 0.1) is 17.0 Å². The summed E-state index contributed by atoms with van der Waals surface area (Å²) in [6, 6.07) is 7.35. The van der Waals surface area contributed by atoms with E-state index in [0.29, 0.717) is 43.2 Å². The van der Waals surface area contributed by atoms with E-state index in [9.17, 15) is 18.0 Å². The zero-order valence-electron chi connectivity index (χ0n) is 20.6. The fourth-order valence-electron chi connectivity index (χ4n) is 5.78. The molecule has 0 spiro atoms. The highest BCUT2D eigenvalue weighted by Gasteiger charge is 2.34. The van der Waals surface area contributed by atoms with E-state index >= 15 is 0 Å². The van der Waals surface area contributed by atoms with Crippen molar-refractivity contribution in [2.45, 2.75) is 70.2 Å². The number of fused-ring (bicyclic) bond motifs is 1. The first-order valence-corrected chi connectivity index (χ1v) is 13.0.